The minimum Gasteiger partial charge on any atom is -0.476 e. The smallest absolute Gasteiger partial charge is 0.355 e. The molecule has 0 bridgehead atoms. The Morgan fingerprint density at radius 3 is 2.93 bits per heavy atom. The summed E-state index contributed by atoms with van der Waals surface area (Å²) in [5.41, 5.74) is 0.00952. The molecule has 0 aliphatic rings. The molecule has 5 nitrogen and oxygen atoms in total. The summed E-state index contributed by atoms with van der Waals surface area (Å²) >= 11 is 1.21. The van der Waals surface area contributed by atoms with Crippen LogP contribution in [0.1, 0.15) is 22.4 Å². The van der Waals surface area contributed by atoms with Gasteiger partial charge in [0.1, 0.15) is 5.01 Å². The number of rotatable bonds is 4. The zero-order valence-electron chi connectivity index (χ0n) is 8.06. The van der Waals surface area contributed by atoms with E-state index in [2.05, 4.69) is 10.3 Å². The summed E-state index contributed by atoms with van der Waals surface area (Å²) in [6.45, 7) is 1.99. The van der Waals surface area contributed by atoms with E-state index in [0.717, 1.165) is 0 Å². The standard InChI is InChI=1S/C9H10N2O3S/c1-2-3-7(12)10-4-8-11-6(5-15-8)9(13)14/h2-3,5H,4H2,1H3,(H,10,12)(H,13,14). The molecule has 80 valence electrons. The number of allylic oxidation sites excluding steroid dienone is 1. The van der Waals surface area contributed by atoms with Crippen LogP contribution >= 0.6 is 11.3 Å². The van der Waals surface area contributed by atoms with Crippen molar-refractivity contribution in [1.29, 1.82) is 0 Å². The summed E-state index contributed by atoms with van der Waals surface area (Å²) in [5.74, 6) is -1.28. The fourth-order valence-electron chi connectivity index (χ4n) is 0.863. The van der Waals surface area contributed by atoms with Gasteiger partial charge < -0.3 is 10.4 Å². The Bertz CT molecular complexity index is 398. The van der Waals surface area contributed by atoms with Crippen LogP contribution in [-0.2, 0) is 11.3 Å². The summed E-state index contributed by atoms with van der Waals surface area (Å²) < 4.78 is 0. The van der Waals surface area contributed by atoms with Crippen molar-refractivity contribution < 1.29 is 14.7 Å². The SMILES string of the molecule is CC=CC(=O)NCc1nc(C(=O)O)cs1. The number of carboxylic acids is 1. The van der Waals surface area contributed by atoms with Crippen LogP contribution in [0.5, 0.6) is 0 Å². The maximum Gasteiger partial charge on any atom is 0.355 e. The van der Waals surface area contributed by atoms with Crippen molar-refractivity contribution in [1.82, 2.24) is 10.3 Å². The van der Waals surface area contributed by atoms with Gasteiger partial charge in [0.05, 0.1) is 6.54 Å². The van der Waals surface area contributed by atoms with Crippen LogP contribution in [0.4, 0.5) is 0 Å². The number of carbonyl (C=O) groups is 2. The average Bonchev–Trinajstić information content (AvgIpc) is 2.63. The molecule has 0 aromatic carbocycles. The number of nitrogens with one attached hydrogen (secondary N) is 1. The molecule has 15 heavy (non-hydrogen) atoms. The van der Waals surface area contributed by atoms with Crippen LogP contribution in [-0.4, -0.2) is 22.0 Å². The number of nitrogens with zero attached hydrogens (tertiary/aromatic N) is 1. The van der Waals surface area contributed by atoms with Crippen molar-refractivity contribution in [3.8, 4) is 0 Å². The number of carbonyl (C=O) groups excluding carboxylic acids is 1. The number of hydrogen-bond donors (Lipinski definition) is 2. The van der Waals surface area contributed by atoms with Crippen molar-refractivity contribution in [2.45, 2.75) is 13.5 Å². The van der Waals surface area contributed by atoms with Gasteiger partial charge in [0.15, 0.2) is 5.69 Å². The quantitative estimate of drug-likeness (QED) is 0.751. The Morgan fingerprint density at radius 2 is 2.40 bits per heavy atom. The van der Waals surface area contributed by atoms with Gasteiger partial charge in [-0.1, -0.05) is 6.08 Å². The van der Waals surface area contributed by atoms with E-state index in [1.54, 1.807) is 13.0 Å². The highest BCUT2D eigenvalue weighted by molar-refractivity contribution is 7.09. The Hall–Kier alpha value is -1.69. The molecule has 1 aromatic heterocycles. The zero-order valence-corrected chi connectivity index (χ0v) is 8.87. The largest absolute Gasteiger partial charge is 0.476 e. The van der Waals surface area contributed by atoms with Crippen LogP contribution in [0.3, 0.4) is 0 Å². The fourth-order valence-corrected chi connectivity index (χ4v) is 1.57. The third kappa shape index (κ3) is 3.51. The molecule has 0 aliphatic heterocycles. The molecule has 0 unspecified atom stereocenters. The summed E-state index contributed by atoms with van der Waals surface area (Å²) in [7, 11) is 0. The van der Waals surface area contributed by atoms with Gasteiger partial charge in [-0.3, -0.25) is 4.79 Å². The Balaban J connectivity index is 2.51. The van der Waals surface area contributed by atoms with E-state index < -0.39 is 5.97 Å². The lowest BCUT2D eigenvalue weighted by Crippen LogP contribution is -2.20. The first-order valence-corrected chi connectivity index (χ1v) is 5.09. The lowest BCUT2D eigenvalue weighted by atomic mass is 10.5. The fraction of sp³-hybridized carbons (Fsp3) is 0.222. The molecule has 2 N–H and O–H groups in total. The average molecular weight is 226 g/mol. The molecular formula is C9H10N2O3S. The van der Waals surface area contributed by atoms with E-state index in [-0.39, 0.29) is 18.1 Å². The van der Waals surface area contributed by atoms with Gasteiger partial charge in [0.2, 0.25) is 5.91 Å². The summed E-state index contributed by atoms with van der Waals surface area (Å²) in [4.78, 5) is 25.3. The topological polar surface area (TPSA) is 79.3 Å². The summed E-state index contributed by atoms with van der Waals surface area (Å²) in [6.07, 6.45) is 3.02. The van der Waals surface area contributed by atoms with Crippen LogP contribution in [0.15, 0.2) is 17.5 Å². The van der Waals surface area contributed by atoms with Crippen molar-refractivity contribution in [3.63, 3.8) is 0 Å². The van der Waals surface area contributed by atoms with Gasteiger partial charge in [-0.05, 0) is 13.0 Å². The second kappa shape index (κ2) is 5.26. The van der Waals surface area contributed by atoms with E-state index in [1.807, 2.05) is 0 Å². The first kappa shape index (κ1) is 11.4. The van der Waals surface area contributed by atoms with Crippen molar-refractivity contribution >= 4 is 23.2 Å². The van der Waals surface area contributed by atoms with Gasteiger partial charge in [0, 0.05) is 5.38 Å². The maximum absolute atomic E-state index is 11.0. The van der Waals surface area contributed by atoms with Gasteiger partial charge in [-0.25, -0.2) is 9.78 Å². The Kier molecular flexibility index (Phi) is 3.99. The van der Waals surface area contributed by atoms with E-state index in [4.69, 9.17) is 5.11 Å². The lowest BCUT2D eigenvalue weighted by molar-refractivity contribution is -0.116. The van der Waals surface area contributed by atoms with Gasteiger partial charge in [-0.2, -0.15) is 0 Å². The molecule has 0 fully saturated rings. The number of carboxylic acid groups (broad SMARTS) is 1. The molecule has 1 heterocycles. The molecular weight excluding hydrogens is 216 g/mol. The third-order valence-corrected chi connectivity index (χ3v) is 2.35. The normalized spacial score (nSPS) is 10.5. The second-order valence-corrected chi connectivity index (χ2v) is 3.59. The monoisotopic (exact) mass is 226 g/mol. The predicted octanol–water partition coefficient (Wildman–Crippen LogP) is 1.03. The molecule has 0 saturated carbocycles. The molecule has 1 amide bonds. The third-order valence-electron chi connectivity index (χ3n) is 1.50. The van der Waals surface area contributed by atoms with Gasteiger partial charge in [0.25, 0.3) is 0 Å². The van der Waals surface area contributed by atoms with E-state index in [9.17, 15) is 9.59 Å². The highest BCUT2D eigenvalue weighted by Gasteiger charge is 2.08. The zero-order chi connectivity index (χ0) is 11.3. The van der Waals surface area contributed by atoms with E-state index >= 15 is 0 Å². The van der Waals surface area contributed by atoms with Crippen molar-refractivity contribution in [2.75, 3.05) is 0 Å². The minimum absolute atomic E-state index is 0.00952. The van der Waals surface area contributed by atoms with Crippen molar-refractivity contribution in [2.24, 2.45) is 0 Å². The van der Waals surface area contributed by atoms with E-state index in [0.29, 0.717) is 5.01 Å². The predicted molar refractivity (Wildman–Crippen MR) is 55.7 cm³/mol. The van der Waals surface area contributed by atoms with Gasteiger partial charge >= 0.3 is 5.97 Å². The Labute approximate surface area is 90.5 Å². The summed E-state index contributed by atoms with van der Waals surface area (Å²) in [5, 5.41) is 13.2. The van der Waals surface area contributed by atoms with Gasteiger partial charge in [-0.15, -0.1) is 11.3 Å². The van der Waals surface area contributed by atoms with Crippen LogP contribution < -0.4 is 5.32 Å². The molecule has 0 saturated heterocycles. The first-order valence-electron chi connectivity index (χ1n) is 4.21. The van der Waals surface area contributed by atoms with Crippen LogP contribution in [0.2, 0.25) is 0 Å². The highest BCUT2D eigenvalue weighted by Crippen LogP contribution is 2.09. The summed E-state index contributed by atoms with van der Waals surface area (Å²) in [6, 6.07) is 0. The second-order valence-electron chi connectivity index (χ2n) is 2.65. The molecule has 1 rings (SSSR count). The molecule has 0 atom stereocenters. The lowest BCUT2D eigenvalue weighted by Gasteiger charge is -1.96. The first-order chi connectivity index (χ1) is 7.13. The molecule has 0 spiro atoms. The number of aromatic nitrogens is 1. The van der Waals surface area contributed by atoms with E-state index in [1.165, 1.54) is 22.8 Å². The van der Waals surface area contributed by atoms with Crippen molar-refractivity contribution in [3.05, 3.63) is 28.2 Å². The minimum atomic E-state index is -1.06. The maximum atomic E-state index is 11.0. The number of aromatic carboxylic acids is 1. The number of thiazole rings is 1. The number of amides is 1. The molecule has 0 radical (unpaired) electrons. The molecule has 1 aromatic rings. The number of hydrogen-bond acceptors (Lipinski definition) is 4. The van der Waals surface area contributed by atoms with Crippen LogP contribution in [0, 0.1) is 0 Å². The molecule has 6 heteroatoms. The Morgan fingerprint density at radius 1 is 1.67 bits per heavy atom. The molecule has 0 aliphatic carbocycles. The highest BCUT2D eigenvalue weighted by atomic mass is 32.1. The van der Waals surface area contributed by atoms with Crippen LogP contribution in [0.25, 0.3) is 0 Å².